The number of nitrogens with zero attached hydrogens (tertiary/aromatic N) is 6. The summed E-state index contributed by atoms with van der Waals surface area (Å²) < 4.78 is 58.4. The summed E-state index contributed by atoms with van der Waals surface area (Å²) in [5.41, 5.74) is 6.15. The number of amides is 1. The SMILES string of the molecule is CC1(C)CCC(CN2CCN(c3ccc(C(=O)NS(=O)(=O)c4ccc(OCC5(F)CCN(C6COC6)CC5)c(Cl)c4)c(-n4ncc5nc6[nH]ccc6cc54)c3)CC2)=C(c2ccc(Cl)cc2)C1. The number of carbonyl (C=O) groups excluding carboxylic acids is 1. The van der Waals surface area contributed by atoms with Crippen molar-refractivity contribution in [3.63, 3.8) is 0 Å². The number of piperazine rings is 1. The average molecular weight is 956 g/mol. The van der Waals surface area contributed by atoms with Gasteiger partial charge in [-0.25, -0.2) is 27.2 Å². The standard InChI is InChI=1S/C49H53Cl2FN8O5S/c1-48(2)13-11-34(40(26-48)32-3-5-35(50)6-4-32)28-57-19-21-59(22-20-57)36-7-9-39(43(24-36)60-44-23-33-12-16-53-46(33)55-42(44)27-54-60)47(61)56-66(62,63)38-8-10-45(41(51)25-38)65-31-49(52)14-17-58(18-15-49)37-29-64-30-37/h3-10,12,16,23-25,27,37H,11,13-15,17-22,26,28-31H2,1-2H3,(H,53,55)(H,56,61). The number of likely N-dealkylation sites (tertiary alicyclic amines) is 1. The van der Waals surface area contributed by atoms with E-state index in [0.717, 1.165) is 68.1 Å². The van der Waals surface area contributed by atoms with E-state index in [4.69, 9.17) is 37.7 Å². The number of ether oxygens (including phenoxy) is 2. The van der Waals surface area contributed by atoms with Gasteiger partial charge in [0.05, 0.1) is 52.1 Å². The number of hydrogen-bond donors (Lipinski definition) is 2. The molecule has 6 heterocycles. The van der Waals surface area contributed by atoms with Crippen LogP contribution in [-0.4, -0.2) is 121 Å². The van der Waals surface area contributed by atoms with Gasteiger partial charge >= 0.3 is 0 Å². The highest BCUT2D eigenvalue weighted by Crippen LogP contribution is 2.43. The van der Waals surface area contributed by atoms with Crippen LogP contribution in [0.5, 0.6) is 5.75 Å². The van der Waals surface area contributed by atoms with Crippen LogP contribution >= 0.6 is 23.2 Å². The lowest BCUT2D eigenvalue weighted by molar-refractivity contribution is -0.0890. The van der Waals surface area contributed by atoms with E-state index >= 15 is 4.39 Å². The van der Waals surface area contributed by atoms with Gasteiger partial charge in [-0.15, -0.1) is 0 Å². The lowest BCUT2D eigenvalue weighted by atomic mass is 9.72. The smallest absolute Gasteiger partial charge is 0.267 e. The van der Waals surface area contributed by atoms with Crippen LogP contribution in [0.3, 0.4) is 0 Å². The highest BCUT2D eigenvalue weighted by molar-refractivity contribution is 7.90. The van der Waals surface area contributed by atoms with E-state index in [9.17, 15) is 13.2 Å². The maximum Gasteiger partial charge on any atom is 0.267 e. The first-order valence-electron chi connectivity index (χ1n) is 22.6. The minimum Gasteiger partial charge on any atom is -0.489 e. The predicted octanol–water partition coefficient (Wildman–Crippen LogP) is 8.69. The molecule has 13 nitrogen and oxygen atoms in total. The van der Waals surface area contributed by atoms with Crippen LogP contribution < -0.4 is 14.4 Å². The molecule has 3 aromatic heterocycles. The Morgan fingerprint density at radius 2 is 1.73 bits per heavy atom. The molecule has 0 spiro atoms. The molecule has 4 aliphatic rings. The second kappa shape index (κ2) is 17.9. The fourth-order valence-electron chi connectivity index (χ4n) is 9.68. The summed E-state index contributed by atoms with van der Waals surface area (Å²) in [5.74, 6) is -0.697. The third kappa shape index (κ3) is 9.30. The fraction of sp³-hybridized carbons (Fsp3) is 0.408. The predicted molar refractivity (Wildman–Crippen MR) is 256 cm³/mol. The Hall–Kier alpha value is -5.03. The quantitative estimate of drug-likeness (QED) is 0.123. The Morgan fingerprint density at radius 1 is 0.955 bits per heavy atom. The van der Waals surface area contributed by atoms with Gasteiger partial charge in [0.2, 0.25) is 0 Å². The van der Waals surface area contributed by atoms with Crippen molar-refractivity contribution in [1.29, 1.82) is 0 Å². The minimum absolute atomic E-state index is 0.0175. The number of nitrogens with one attached hydrogen (secondary N) is 2. The van der Waals surface area contributed by atoms with Crippen molar-refractivity contribution in [1.82, 2.24) is 34.3 Å². The molecule has 17 heteroatoms. The number of fused-ring (bicyclic) bond motifs is 2. The van der Waals surface area contributed by atoms with Gasteiger partial charge in [0.1, 0.15) is 29.2 Å². The van der Waals surface area contributed by atoms with Gasteiger partial charge < -0.3 is 19.4 Å². The molecule has 3 saturated heterocycles. The second-order valence-corrected chi connectivity index (χ2v) is 21.5. The number of halogens is 3. The van der Waals surface area contributed by atoms with Gasteiger partial charge in [-0.3, -0.25) is 14.6 Å². The van der Waals surface area contributed by atoms with Crippen LogP contribution in [-0.2, 0) is 14.8 Å². The third-order valence-electron chi connectivity index (χ3n) is 13.8. The van der Waals surface area contributed by atoms with Crippen LogP contribution in [0, 0.1) is 5.41 Å². The Kier molecular flexibility index (Phi) is 12.1. The van der Waals surface area contributed by atoms with Gasteiger partial charge in [-0.2, -0.15) is 5.10 Å². The molecule has 0 saturated carbocycles. The summed E-state index contributed by atoms with van der Waals surface area (Å²) >= 11 is 12.8. The molecule has 66 heavy (non-hydrogen) atoms. The van der Waals surface area contributed by atoms with E-state index in [0.29, 0.717) is 67.6 Å². The second-order valence-electron chi connectivity index (χ2n) is 19.0. The number of piperidine rings is 1. The van der Waals surface area contributed by atoms with Gasteiger partial charge in [-0.1, -0.05) is 54.8 Å². The number of benzene rings is 3. The zero-order chi connectivity index (χ0) is 45.8. The van der Waals surface area contributed by atoms with Gasteiger partial charge in [0.15, 0.2) is 0 Å². The average Bonchev–Trinajstić information content (AvgIpc) is 3.92. The molecule has 10 rings (SSSR count). The van der Waals surface area contributed by atoms with Crippen LogP contribution in [0.1, 0.15) is 61.9 Å². The van der Waals surface area contributed by atoms with Crippen LogP contribution in [0.2, 0.25) is 10.0 Å². The van der Waals surface area contributed by atoms with Crippen molar-refractivity contribution < 1.29 is 27.1 Å². The summed E-state index contributed by atoms with van der Waals surface area (Å²) in [6.07, 6.45) is 7.28. The molecular weight excluding hydrogens is 903 g/mol. The minimum atomic E-state index is -4.44. The van der Waals surface area contributed by atoms with Crippen molar-refractivity contribution in [3.8, 4) is 11.4 Å². The molecule has 1 amide bonds. The first kappa shape index (κ1) is 44.8. The first-order chi connectivity index (χ1) is 31.7. The molecule has 0 atom stereocenters. The maximum absolute atomic E-state index is 15.7. The largest absolute Gasteiger partial charge is 0.489 e. The highest BCUT2D eigenvalue weighted by Gasteiger charge is 2.39. The molecule has 3 aliphatic heterocycles. The van der Waals surface area contributed by atoms with Crippen molar-refractivity contribution in [3.05, 3.63) is 112 Å². The number of alkyl halides is 1. The van der Waals surface area contributed by atoms with Crippen LogP contribution in [0.15, 0.2) is 95.7 Å². The summed E-state index contributed by atoms with van der Waals surface area (Å²) in [6, 6.07) is 21.7. The topological polar surface area (TPSA) is 138 Å². The molecule has 6 aromatic rings. The Balaban J connectivity index is 0.868. The van der Waals surface area contributed by atoms with E-state index in [1.54, 1.807) is 23.1 Å². The zero-order valence-corrected chi connectivity index (χ0v) is 39.4. The van der Waals surface area contributed by atoms with E-state index in [-0.39, 0.29) is 33.3 Å². The van der Waals surface area contributed by atoms with E-state index in [2.05, 4.69) is 55.5 Å². The molecule has 3 aromatic carbocycles. The summed E-state index contributed by atoms with van der Waals surface area (Å²) in [4.78, 5) is 28.9. The first-order valence-corrected chi connectivity index (χ1v) is 24.8. The molecule has 0 bridgehead atoms. The van der Waals surface area contributed by atoms with Crippen molar-refractivity contribution >= 4 is 72.5 Å². The number of allylic oxidation sites excluding steroid dienone is 1. The normalized spacial score (nSPS) is 19.6. The lowest BCUT2D eigenvalue weighted by Gasteiger charge is -2.43. The molecule has 1 aliphatic carbocycles. The number of sulfonamides is 1. The van der Waals surface area contributed by atoms with E-state index in [1.807, 2.05) is 36.4 Å². The van der Waals surface area contributed by atoms with Crippen LogP contribution in [0.4, 0.5) is 10.1 Å². The number of carbonyl (C=O) groups is 1. The van der Waals surface area contributed by atoms with Crippen molar-refractivity contribution in [2.45, 2.75) is 62.6 Å². The Bertz CT molecular complexity index is 2940. The zero-order valence-electron chi connectivity index (χ0n) is 37.0. The lowest BCUT2D eigenvalue weighted by Crippen LogP contribution is -2.55. The number of pyridine rings is 1. The molecule has 346 valence electrons. The molecule has 0 radical (unpaired) electrons. The number of H-pyrrole nitrogens is 1. The summed E-state index contributed by atoms with van der Waals surface area (Å²) in [6.45, 7) is 11.1. The Labute approximate surface area is 393 Å². The van der Waals surface area contributed by atoms with E-state index in [1.165, 1.54) is 34.9 Å². The monoisotopic (exact) mass is 954 g/mol. The number of rotatable bonds is 12. The van der Waals surface area contributed by atoms with E-state index < -0.39 is 21.6 Å². The maximum atomic E-state index is 15.7. The number of aromatic nitrogens is 4. The number of aromatic amines is 1. The van der Waals surface area contributed by atoms with Gasteiger partial charge in [-0.05, 0) is 109 Å². The van der Waals surface area contributed by atoms with Gasteiger partial charge in [0, 0.05) is 68.1 Å². The highest BCUT2D eigenvalue weighted by atomic mass is 35.5. The van der Waals surface area contributed by atoms with Crippen molar-refractivity contribution in [2.24, 2.45) is 5.41 Å². The third-order valence-corrected chi connectivity index (χ3v) is 15.7. The molecule has 0 unspecified atom stereocenters. The number of hydrogen-bond acceptors (Lipinski definition) is 10. The van der Waals surface area contributed by atoms with Crippen molar-refractivity contribution in [2.75, 3.05) is 70.5 Å². The number of anilines is 1. The molecule has 3 fully saturated rings. The summed E-state index contributed by atoms with van der Waals surface area (Å²) in [7, 11) is -4.44. The summed E-state index contributed by atoms with van der Waals surface area (Å²) in [5, 5.41) is 6.25. The molecule has 2 N–H and O–H groups in total. The van der Waals surface area contributed by atoms with Gasteiger partial charge in [0.25, 0.3) is 15.9 Å². The van der Waals surface area contributed by atoms with Crippen LogP contribution in [0.25, 0.3) is 33.3 Å². The molecular formula is C49H53Cl2FN8O5S. The fourth-order valence-corrected chi connectivity index (χ4v) is 11.1. The Morgan fingerprint density at radius 3 is 2.45 bits per heavy atom.